The molecule has 3 aromatic rings. The Morgan fingerprint density at radius 2 is 1.53 bits per heavy atom. The van der Waals surface area contributed by atoms with E-state index in [1.165, 1.54) is 0 Å². The molecule has 1 N–H and O–H groups in total. The largest absolute Gasteiger partial charge is 0.491 e. The van der Waals surface area contributed by atoms with Crippen molar-refractivity contribution in [2.24, 2.45) is 0 Å². The van der Waals surface area contributed by atoms with Crippen LogP contribution in [0.15, 0.2) is 66.7 Å². The third-order valence-corrected chi connectivity index (χ3v) is 4.61. The van der Waals surface area contributed by atoms with E-state index < -0.39 is 5.97 Å². The summed E-state index contributed by atoms with van der Waals surface area (Å²) < 4.78 is 16.3. The Bertz CT molecular complexity index is 942. The Labute approximate surface area is 176 Å². The highest BCUT2D eigenvalue weighted by atomic mass is 16.6. The topological polar surface area (TPSA) is 65.0 Å². The number of carbonyl (C=O) groups excluding carboxylic acids is 1. The van der Waals surface area contributed by atoms with Crippen molar-refractivity contribution in [1.82, 2.24) is 0 Å². The van der Waals surface area contributed by atoms with Crippen LogP contribution in [0.2, 0.25) is 0 Å². The first kappa shape index (κ1) is 21.4. The van der Waals surface area contributed by atoms with Crippen molar-refractivity contribution < 1.29 is 24.1 Å². The van der Waals surface area contributed by atoms with Gasteiger partial charge in [0.25, 0.3) is 0 Å². The highest BCUT2D eigenvalue weighted by Crippen LogP contribution is 2.32. The molecule has 0 unspecified atom stereocenters. The van der Waals surface area contributed by atoms with Crippen molar-refractivity contribution >= 4 is 5.97 Å². The molecule has 5 heteroatoms. The van der Waals surface area contributed by atoms with E-state index in [4.69, 9.17) is 19.3 Å². The van der Waals surface area contributed by atoms with Gasteiger partial charge in [-0.05, 0) is 65.9 Å². The fourth-order valence-corrected chi connectivity index (χ4v) is 3.27. The second-order valence-electron chi connectivity index (χ2n) is 6.96. The van der Waals surface area contributed by atoms with Crippen molar-refractivity contribution in [3.05, 3.63) is 83.4 Å². The molecule has 0 atom stereocenters. The van der Waals surface area contributed by atoms with Gasteiger partial charge in [0, 0.05) is 0 Å². The number of aliphatic hydroxyl groups is 1. The van der Waals surface area contributed by atoms with Crippen molar-refractivity contribution in [3.63, 3.8) is 0 Å². The van der Waals surface area contributed by atoms with E-state index in [1.54, 1.807) is 0 Å². The minimum atomic E-state index is -0.409. The maximum absolute atomic E-state index is 11.9. The van der Waals surface area contributed by atoms with E-state index in [0.29, 0.717) is 5.75 Å². The molecule has 0 heterocycles. The lowest BCUT2D eigenvalue weighted by molar-refractivity contribution is -0.147. The molecule has 0 aromatic heterocycles. The average Bonchev–Trinajstić information content (AvgIpc) is 2.76. The van der Waals surface area contributed by atoms with Crippen molar-refractivity contribution in [3.8, 4) is 22.6 Å². The lowest BCUT2D eigenvalue weighted by atomic mass is 9.95. The van der Waals surface area contributed by atoms with Gasteiger partial charge in [0.1, 0.15) is 24.7 Å². The summed E-state index contributed by atoms with van der Waals surface area (Å²) in [6.45, 7) is 4.42. The zero-order valence-corrected chi connectivity index (χ0v) is 17.3. The van der Waals surface area contributed by atoms with Gasteiger partial charge in [-0.2, -0.15) is 0 Å². The summed E-state index contributed by atoms with van der Waals surface area (Å²) in [5.41, 5.74) is 5.29. The molecule has 30 heavy (non-hydrogen) atoms. The quantitative estimate of drug-likeness (QED) is 0.532. The molecule has 156 valence electrons. The Morgan fingerprint density at radius 1 is 0.867 bits per heavy atom. The summed E-state index contributed by atoms with van der Waals surface area (Å²) >= 11 is 0. The van der Waals surface area contributed by atoms with Crippen LogP contribution in [-0.2, 0) is 16.1 Å². The van der Waals surface area contributed by atoms with Crippen LogP contribution in [0.1, 0.15) is 16.7 Å². The van der Waals surface area contributed by atoms with Gasteiger partial charge >= 0.3 is 5.97 Å². The third-order valence-electron chi connectivity index (χ3n) is 4.61. The first-order valence-electron chi connectivity index (χ1n) is 9.84. The Hall–Kier alpha value is -3.31. The highest BCUT2D eigenvalue weighted by Gasteiger charge is 2.10. The lowest BCUT2D eigenvalue weighted by Crippen LogP contribution is -2.14. The molecule has 0 aliphatic rings. The number of hydrogen-bond donors (Lipinski definition) is 1. The summed E-state index contributed by atoms with van der Waals surface area (Å²) in [5.74, 6) is 0.943. The van der Waals surface area contributed by atoms with E-state index in [0.717, 1.165) is 33.6 Å². The number of ether oxygens (including phenoxy) is 3. The average molecular weight is 406 g/mol. The number of rotatable bonds is 9. The molecule has 5 nitrogen and oxygen atoms in total. The maximum atomic E-state index is 11.9. The van der Waals surface area contributed by atoms with Gasteiger partial charge in [-0.25, -0.2) is 4.79 Å². The van der Waals surface area contributed by atoms with E-state index in [1.807, 2.05) is 80.6 Å². The Kier molecular flexibility index (Phi) is 7.46. The first-order valence-corrected chi connectivity index (χ1v) is 9.84. The van der Waals surface area contributed by atoms with Crippen LogP contribution in [0.4, 0.5) is 0 Å². The van der Waals surface area contributed by atoms with Crippen molar-refractivity contribution in [2.75, 3.05) is 19.8 Å². The molecule has 0 saturated heterocycles. The zero-order valence-electron chi connectivity index (χ0n) is 17.3. The summed E-state index contributed by atoms with van der Waals surface area (Å²) in [4.78, 5) is 11.9. The van der Waals surface area contributed by atoms with Crippen LogP contribution in [0, 0.1) is 13.8 Å². The minimum Gasteiger partial charge on any atom is -0.491 e. The first-order chi connectivity index (χ1) is 14.6. The molecule has 3 aromatic carbocycles. The van der Waals surface area contributed by atoms with E-state index >= 15 is 0 Å². The summed E-state index contributed by atoms with van der Waals surface area (Å²) in [5, 5.41) is 8.92. The van der Waals surface area contributed by atoms with Crippen LogP contribution in [0.5, 0.6) is 11.5 Å². The summed E-state index contributed by atoms with van der Waals surface area (Å²) in [7, 11) is 0. The maximum Gasteiger partial charge on any atom is 0.344 e. The molecule has 0 saturated carbocycles. The predicted molar refractivity (Wildman–Crippen MR) is 116 cm³/mol. The Balaban J connectivity index is 1.58. The highest BCUT2D eigenvalue weighted by molar-refractivity contribution is 5.73. The van der Waals surface area contributed by atoms with E-state index in [2.05, 4.69) is 0 Å². The van der Waals surface area contributed by atoms with Gasteiger partial charge < -0.3 is 19.3 Å². The van der Waals surface area contributed by atoms with E-state index in [9.17, 15) is 4.79 Å². The molecule has 0 aliphatic heterocycles. The summed E-state index contributed by atoms with van der Waals surface area (Å²) in [6.07, 6.45) is 0. The SMILES string of the molecule is Cc1cc(OCCO)cc(C)c1-c1ccc(OCC(=O)OCc2ccccc2)cc1. The predicted octanol–water partition coefficient (Wildman–Crippen LogP) is 4.46. The number of hydrogen-bond acceptors (Lipinski definition) is 5. The standard InChI is InChI=1S/C25H26O5/c1-18-14-23(28-13-12-26)15-19(2)25(18)21-8-10-22(11-9-21)29-17-24(27)30-16-20-6-4-3-5-7-20/h3-11,14-15,26H,12-13,16-17H2,1-2H3. The van der Waals surface area contributed by atoms with Gasteiger partial charge in [-0.3, -0.25) is 0 Å². The van der Waals surface area contributed by atoms with Crippen molar-refractivity contribution in [1.29, 1.82) is 0 Å². The third kappa shape index (κ3) is 5.84. The fraction of sp³-hybridized carbons (Fsp3) is 0.240. The fourth-order valence-electron chi connectivity index (χ4n) is 3.27. The molecule has 3 rings (SSSR count). The second-order valence-corrected chi connectivity index (χ2v) is 6.96. The molecule has 0 amide bonds. The second kappa shape index (κ2) is 10.5. The lowest BCUT2D eigenvalue weighted by Gasteiger charge is -2.14. The van der Waals surface area contributed by atoms with E-state index in [-0.39, 0.29) is 26.4 Å². The normalized spacial score (nSPS) is 10.5. The van der Waals surface area contributed by atoms with Crippen molar-refractivity contribution in [2.45, 2.75) is 20.5 Å². The van der Waals surface area contributed by atoms with Crippen LogP contribution in [0.3, 0.4) is 0 Å². The smallest absolute Gasteiger partial charge is 0.344 e. The molecule has 0 spiro atoms. The van der Waals surface area contributed by atoms with Crippen LogP contribution >= 0.6 is 0 Å². The number of esters is 1. The van der Waals surface area contributed by atoms with Gasteiger partial charge in [0.2, 0.25) is 0 Å². The van der Waals surface area contributed by atoms with Gasteiger partial charge in [-0.15, -0.1) is 0 Å². The molecule has 0 aliphatic carbocycles. The zero-order chi connectivity index (χ0) is 21.3. The Morgan fingerprint density at radius 3 is 2.17 bits per heavy atom. The monoisotopic (exact) mass is 406 g/mol. The van der Waals surface area contributed by atoms with Crippen LogP contribution in [0.25, 0.3) is 11.1 Å². The number of aryl methyl sites for hydroxylation is 2. The molecule has 0 fully saturated rings. The molecular formula is C25H26O5. The van der Waals surface area contributed by atoms with Gasteiger partial charge in [0.05, 0.1) is 6.61 Å². The van der Waals surface area contributed by atoms with Gasteiger partial charge in [0.15, 0.2) is 6.61 Å². The number of benzene rings is 3. The van der Waals surface area contributed by atoms with Crippen LogP contribution < -0.4 is 9.47 Å². The molecule has 0 bridgehead atoms. The molecular weight excluding hydrogens is 380 g/mol. The minimum absolute atomic E-state index is 0.0128. The summed E-state index contributed by atoms with van der Waals surface area (Å²) in [6, 6.07) is 21.1. The van der Waals surface area contributed by atoms with Crippen LogP contribution in [-0.4, -0.2) is 30.9 Å². The molecule has 0 radical (unpaired) electrons. The van der Waals surface area contributed by atoms with Gasteiger partial charge in [-0.1, -0.05) is 42.5 Å². The number of carbonyl (C=O) groups is 1. The number of aliphatic hydroxyl groups excluding tert-OH is 1.